The minimum Gasteiger partial charge on any atom is -0.399 e. The summed E-state index contributed by atoms with van der Waals surface area (Å²) in [5, 5.41) is 3.42. The highest BCUT2D eigenvalue weighted by atomic mass is 16.7. The van der Waals surface area contributed by atoms with Gasteiger partial charge in [-0.1, -0.05) is 0 Å². The average Bonchev–Trinajstić information content (AvgIpc) is 2.97. The van der Waals surface area contributed by atoms with Crippen molar-refractivity contribution in [3.05, 3.63) is 24.0 Å². The third kappa shape index (κ3) is 2.28. The minimum absolute atomic E-state index is 0.307. The summed E-state index contributed by atoms with van der Waals surface area (Å²) in [5.41, 5.74) is 1.78. The van der Waals surface area contributed by atoms with Gasteiger partial charge in [0.25, 0.3) is 0 Å². The van der Waals surface area contributed by atoms with Gasteiger partial charge in [0.05, 0.1) is 11.2 Å². The van der Waals surface area contributed by atoms with Crippen LogP contribution in [0.1, 0.15) is 45.6 Å². The highest BCUT2D eigenvalue weighted by Crippen LogP contribution is 2.37. The third-order valence-corrected chi connectivity index (χ3v) is 4.89. The molecule has 2 aliphatic rings. The number of nitrogens with one attached hydrogen (secondary N) is 1. The second kappa shape index (κ2) is 4.83. The van der Waals surface area contributed by atoms with E-state index in [1.807, 2.05) is 12.4 Å². The fourth-order valence-corrected chi connectivity index (χ4v) is 2.88. The van der Waals surface area contributed by atoms with Crippen molar-refractivity contribution in [2.24, 2.45) is 0 Å². The molecule has 1 N–H and O–H groups in total. The molecule has 5 heteroatoms. The third-order valence-electron chi connectivity index (χ3n) is 4.89. The molecule has 0 unspecified atom stereocenters. The molecule has 0 aromatic carbocycles. The van der Waals surface area contributed by atoms with Gasteiger partial charge in [0.1, 0.15) is 0 Å². The van der Waals surface area contributed by atoms with Crippen molar-refractivity contribution in [2.45, 2.75) is 51.2 Å². The van der Waals surface area contributed by atoms with Gasteiger partial charge in [-0.05, 0) is 58.2 Å². The number of rotatable bonds is 2. The smallest absolute Gasteiger partial charge is 0.399 e. The van der Waals surface area contributed by atoms with Gasteiger partial charge in [0, 0.05) is 24.4 Å². The summed E-state index contributed by atoms with van der Waals surface area (Å²) < 4.78 is 12.3. The van der Waals surface area contributed by atoms with E-state index in [0.717, 1.165) is 25.0 Å². The summed E-state index contributed by atoms with van der Waals surface area (Å²) in [7, 11) is -0.315. The number of aromatic nitrogens is 1. The van der Waals surface area contributed by atoms with E-state index in [1.54, 1.807) is 0 Å². The van der Waals surface area contributed by atoms with E-state index in [9.17, 15) is 0 Å². The normalized spacial score (nSPS) is 28.0. The molecule has 0 bridgehead atoms. The summed E-state index contributed by atoms with van der Waals surface area (Å²) in [6.45, 7) is 10.4. The molecule has 0 amide bonds. The molecule has 1 atom stereocenters. The first kappa shape index (κ1) is 14.0. The molecule has 20 heavy (non-hydrogen) atoms. The Morgan fingerprint density at radius 2 is 1.95 bits per heavy atom. The van der Waals surface area contributed by atoms with Crippen LogP contribution in [0.2, 0.25) is 0 Å². The lowest BCUT2D eigenvalue weighted by atomic mass is 9.74. The largest absolute Gasteiger partial charge is 0.496 e. The first-order valence-electron chi connectivity index (χ1n) is 7.41. The first-order chi connectivity index (χ1) is 9.41. The molecule has 3 rings (SSSR count). The Morgan fingerprint density at radius 1 is 1.25 bits per heavy atom. The molecule has 108 valence electrons. The van der Waals surface area contributed by atoms with Crippen LogP contribution < -0.4 is 10.8 Å². The van der Waals surface area contributed by atoms with Gasteiger partial charge in [-0.2, -0.15) is 0 Å². The van der Waals surface area contributed by atoms with E-state index in [0.29, 0.717) is 5.92 Å². The zero-order valence-corrected chi connectivity index (χ0v) is 12.8. The van der Waals surface area contributed by atoms with E-state index in [4.69, 9.17) is 9.31 Å². The zero-order valence-electron chi connectivity index (χ0n) is 12.8. The summed E-state index contributed by atoms with van der Waals surface area (Å²) in [4.78, 5) is 4.28. The number of pyridine rings is 1. The number of hydrogen-bond donors (Lipinski definition) is 1. The average molecular weight is 274 g/mol. The molecule has 2 aliphatic heterocycles. The standard InChI is InChI=1S/C15H23BN2O2/c1-14(2)15(3,4)20-16(19-14)13-10-18-8-6-12(13)11-5-7-17-9-11/h6,8,10-11,17H,5,7,9H2,1-4H3/t11-/m0/s1. The van der Waals surface area contributed by atoms with Gasteiger partial charge in [-0.25, -0.2) is 0 Å². The Bertz CT molecular complexity index is 482. The van der Waals surface area contributed by atoms with Gasteiger partial charge in [-0.15, -0.1) is 0 Å². The number of nitrogens with zero attached hydrogens (tertiary/aromatic N) is 1. The second-order valence-corrected chi connectivity index (χ2v) is 6.78. The lowest BCUT2D eigenvalue weighted by molar-refractivity contribution is 0.00578. The van der Waals surface area contributed by atoms with Crippen molar-refractivity contribution in [3.63, 3.8) is 0 Å². The fourth-order valence-electron chi connectivity index (χ4n) is 2.88. The van der Waals surface area contributed by atoms with Crippen LogP contribution in [0.3, 0.4) is 0 Å². The van der Waals surface area contributed by atoms with Gasteiger partial charge < -0.3 is 14.6 Å². The Morgan fingerprint density at radius 3 is 2.55 bits per heavy atom. The quantitative estimate of drug-likeness (QED) is 0.829. The molecule has 4 nitrogen and oxygen atoms in total. The molecule has 1 aromatic heterocycles. The lowest BCUT2D eigenvalue weighted by Crippen LogP contribution is -2.41. The second-order valence-electron chi connectivity index (χ2n) is 6.78. The Balaban J connectivity index is 1.92. The van der Waals surface area contributed by atoms with E-state index >= 15 is 0 Å². The molecule has 2 saturated heterocycles. The van der Waals surface area contributed by atoms with Crippen molar-refractivity contribution in [1.29, 1.82) is 0 Å². The highest BCUT2D eigenvalue weighted by molar-refractivity contribution is 6.62. The zero-order chi connectivity index (χ0) is 14.4. The van der Waals surface area contributed by atoms with Crippen LogP contribution in [0, 0.1) is 0 Å². The van der Waals surface area contributed by atoms with E-state index < -0.39 is 0 Å². The maximum Gasteiger partial charge on any atom is 0.496 e. The lowest BCUT2D eigenvalue weighted by Gasteiger charge is -2.32. The van der Waals surface area contributed by atoms with Crippen molar-refractivity contribution in [3.8, 4) is 0 Å². The predicted molar refractivity (Wildman–Crippen MR) is 80.2 cm³/mol. The molecular formula is C15H23BN2O2. The highest BCUT2D eigenvalue weighted by Gasteiger charge is 2.52. The summed E-state index contributed by atoms with van der Waals surface area (Å²) in [6, 6.07) is 2.11. The SMILES string of the molecule is CC1(C)OB(c2cnccc2[C@H]2CCNC2)OC1(C)C. The van der Waals surface area contributed by atoms with Crippen LogP contribution >= 0.6 is 0 Å². The maximum absolute atomic E-state index is 6.17. The van der Waals surface area contributed by atoms with Crippen LogP contribution in [0.4, 0.5) is 0 Å². The van der Waals surface area contributed by atoms with Crippen LogP contribution in [-0.2, 0) is 9.31 Å². The van der Waals surface area contributed by atoms with Crippen LogP contribution in [0.15, 0.2) is 18.5 Å². The minimum atomic E-state index is -0.315. The monoisotopic (exact) mass is 274 g/mol. The molecule has 1 aromatic rings. The Hall–Kier alpha value is -0.905. The van der Waals surface area contributed by atoms with Crippen molar-refractivity contribution in [1.82, 2.24) is 10.3 Å². The molecule has 0 radical (unpaired) electrons. The summed E-state index contributed by atoms with van der Waals surface area (Å²) in [5.74, 6) is 0.534. The first-order valence-corrected chi connectivity index (χ1v) is 7.41. The molecule has 0 spiro atoms. The molecule has 0 aliphatic carbocycles. The summed E-state index contributed by atoms with van der Waals surface area (Å²) in [6.07, 6.45) is 4.93. The van der Waals surface area contributed by atoms with Gasteiger partial charge in [0.15, 0.2) is 0 Å². The van der Waals surface area contributed by atoms with Crippen LogP contribution in [0.25, 0.3) is 0 Å². The van der Waals surface area contributed by atoms with E-state index in [-0.39, 0.29) is 18.3 Å². The molecular weight excluding hydrogens is 251 g/mol. The van der Waals surface area contributed by atoms with E-state index in [1.165, 1.54) is 5.56 Å². The predicted octanol–water partition coefficient (Wildman–Crippen LogP) is 1.46. The van der Waals surface area contributed by atoms with Gasteiger partial charge in [-0.3, -0.25) is 4.98 Å². The van der Waals surface area contributed by atoms with Crippen molar-refractivity contribution in [2.75, 3.05) is 13.1 Å². The van der Waals surface area contributed by atoms with Crippen molar-refractivity contribution >= 4 is 12.6 Å². The summed E-state index contributed by atoms with van der Waals surface area (Å²) >= 11 is 0. The molecule has 0 saturated carbocycles. The van der Waals surface area contributed by atoms with Gasteiger partial charge >= 0.3 is 7.12 Å². The Kier molecular flexibility index (Phi) is 3.39. The van der Waals surface area contributed by atoms with Crippen molar-refractivity contribution < 1.29 is 9.31 Å². The number of hydrogen-bond acceptors (Lipinski definition) is 4. The van der Waals surface area contributed by atoms with Gasteiger partial charge in [0.2, 0.25) is 0 Å². The van der Waals surface area contributed by atoms with Crippen LogP contribution in [-0.4, -0.2) is 36.4 Å². The van der Waals surface area contributed by atoms with E-state index in [2.05, 4.69) is 44.1 Å². The molecule has 2 fully saturated rings. The van der Waals surface area contributed by atoms with Crippen LogP contribution in [0.5, 0.6) is 0 Å². The topological polar surface area (TPSA) is 43.4 Å². The molecule has 3 heterocycles. The fraction of sp³-hybridized carbons (Fsp3) is 0.667. The Labute approximate surface area is 121 Å². The maximum atomic E-state index is 6.17.